The number of benzene rings is 5. The van der Waals surface area contributed by atoms with Crippen molar-refractivity contribution in [3.8, 4) is 11.5 Å². The van der Waals surface area contributed by atoms with Crippen LogP contribution < -0.4 is 14.8 Å². The van der Waals surface area contributed by atoms with E-state index in [2.05, 4.69) is 0 Å². The average Bonchev–Trinajstić information content (AvgIpc) is 3.01. The van der Waals surface area contributed by atoms with Gasteiger partial charge < -0.3 is 14.0 Å². The van der Waals surface area contributed by atoms with Crippen molar-refractivity contribution in [2.75, 3.05) is 0 Å². The zero-order valence-electron chi connectivity index (χ0n) is 22.1. The first-order valence-corrected chi connectivity index (χ1v) is 14.7. The molecular formula is C34H26ClO5P. The molecule has 0 spiro atoms. The summed E-state index contributed by atoms with van der Waals surface area (Å²) >= 11 is 6.30. The van der Waals surface area contributed by atoms with Crippen molar-refractivity contribution in [2.45, 2.75) is 13.2 Å². The summed E-state index contributed by atoms with van der Waals surface area (Å²) in [6.07, 6.45) is -0.975. The molecule has 204 valence electrons. The first-order chi connectivity index (χ1) is 19.9. The molecule has 0 bridgehead atoms. The third-order valence-electron chi connectivity index (χ3n) is 6.50. The van der Waals surface area contributed by atoms with E-state index in [1.165, 1.54) is 0 Å². The van der Waals surface area contributed by atoms with Gasteiger partial charge in [-0.3, -0.25) is 9.59 Å². The number of para-hydroxylation sites is 2. The summed E-state index contributed by atoms with van der Waals surface area (Å²) in [7, 11) is -3.11. The fourth-order valence-electron chi connectivity index (χ4n) is 4.49. The summed E-state index contributed by atoms with van der Waals surface area (Å²) in [6.45, 7) is 1.74. The number of halogens is 1. The lowest BCUT2D eigenvalue weighted by Gasteiger charge is -2.23. The minimum atomic E-state index is -3.11. The number of ether oxygens (including phenoxy) is 2. The fraction of sp³-hybridized carbons (Fsp3) is 0.0588. The number of carbonyl (C=O) groups is 2. The van der Waals surface area contributed by atoms with E-state index >= 15 is 0 Å². The molecule has 1 atom stereocenters. The Morgan fingerprint density at radius 3 is 1.80 bits per heavy atom. The van der Waals surface area contributed by atoms with Gasteiger partial charge in [-0.05, 0) is 42.8 Å². The highest BCUT2D eigenvalue weighted by atomic mass is 35.5. The molecule has 0 N–H and O–H groups in total. The molecule has 0 amide bonds. The highest BCUT2D eigenvalue weighted by Crippen LogP contribution is 2.34. The van der Waals surface area contributed by atoms with Crippen molar-refractivity contribution in [3.05, 3.63) is 160 Å². The van der Waals surface area contributed by atoms with Crippen molar-refractivity contribution in [1.82, 2.24) is 0 Å². The maximum absolute atomic E-state index is 14.1. The lowest BCUT2D eigenvalue weighted by molar-refractivity contribution is 0.00324. The molecule has 5 aromatic carbocycles. The van der Waals surface area contributed by atoms with E-state index < -0.39 is 25.4 Å². The molecule has 0 aliphatic carbocycles. The van der Waals surface area contributed by atoms with Crippen LogP contribution in [0.1, 0.15) is 43.7 Å². The van der Waals surface area contributed by atoms with Crippen LogP contribution in [0.25, 0.3) is 0 Å². The Hall–Kier alpha value is -4.44. The molecule has 7 heteroatoms. The Bertz CT molecular complexity index is 1660. The summed E-state index contributed by atoms with van der Waals surface area (Å²) in [5, 5.41) is 0.396. The van der Waals surface area contributed by atoms with Gasteiger partial charge in [0.05, 0.1) is 5.02 Å². The van der Waals surface area contributed by atoms with Crippen molar-refractivity contribution < 1.29 is 23.6 Å². The molecular weight excluding hydrogens is 555 g/mol. The molecule has 0 fully saturated rings. The van der Waals surface area contributed by atoms with E-state index in [1.54, 1.807) is 97.9 Å². The van der Waals surface area contributed by atoms with Crippen LogP contribution in [0, 0.1) is 6.92 Å². The van der Waals surface area contributed by atoms with Crippen LogP contribution in [0.4, 0.5) is 0 Å². The average molecular weight is 581 g/mol. The van der Waals surface area contributed by atoms with Crippen LogP contribution in [0.3, 0.4) is 0 Å². The Kier molecular flexibility index (Phi) is 8.79. The summed E-state index contributed by atoms with van der Waals surface area (Å²) in [4.78, 5) is 27.5. The SMILES string of the molecule is Cc1cccc(Cl)c1C(=O)[PH](=O)c1ccccc1C(=O)c1ccccc1C(Oc1ccccc1)Oc1ccccc1. The van der Waals surface area contributed by atoms with Gasteiger partial charge in [0.25, 0.3) is 6.29 Å². The van der Waals surface area contributed by atoms with Crippen molar-refractivity contribution in [3.63, 3.8) is 0 Å². The van der Waals surface area contributed by atoms with Crippen molar-refractivity contribution in [2.24, 2.45) is 0 Å². The molecule has 0 aliphatic rings. The molecule has 41 heavy (non-hydrogen) atoms. The van der Waals surface area contributed by atoms with Gasteiger partial charge >= 0.3 is 0 Å². The molecule has 1 unspecified atom stereocenters. The minimum absolute atomic E-state index is 0.167. The Morgan fingerprint density at radius 2 is 1.20 bits per heavy atom. The van der Waals surface area contributed by atoms with E-state index in [0.717, 1.165) is 0 Å². The van der Waals surface area contributed by atoms with E-state index in [-0.39, 0.29) is 21.5 Å². The van der Waals surface area contributed by atoms with Crippen molar-refractivity contribution >= 4 is 36.0 Å². The van der Waals surface area contributed by atoms with Gasteiger partial charge in [-0.1, -0.05) is 109 Å². The predicted octanol–water partition coefficient (Wildman–Crippen LogP) is 8.06. The molecule has 0 saturated heterocycles. The summed E-state index contributed by atoms with van der Waals surface area (Å²) in [6, 6.07) is 36.8. The Balaban J connectivity index is 1.54. The largest absolute Gasteiger partial charge is 0.451 e. The highest BCUT2D eigenvalue weighted by Gasteiger charge is 2.28. The first kappa shape index (κ1) is 28.1. The number of aryl methyl sites for hydroxylation is 1. The molecule has 0 heterocycles. The van der Waals surface area contributed by atoms with Crippen LogP contribution in [-0.4, -0.2) is 11.3 Å². The third-order valence-corrected chi connectivity index (χ3v) is 8.41. The highest BCUT2D eigenvalue weighted by molar-refractivity contribution is 7.71. The number of hydrogen-bond donors (Lipinski definition) is 0. The monoisotopic (exact) mass is 580 g/mol. The van der Waals surface area contributed by atoms with Gasteiger partial charge in [-0.2, -0.15) is 0 Å². The second-order valence-electron chi connectivity index (χ2n) is 9.25. The molecule has 0 aromatic heterocycles. The van der Waals surface area contributed by atoms with Crippen LogP contribution in [0.15, 0.2) is 127 Å². The van der Waals surface area contributed by atoms with E-state index in [0.29, 0.717) is 28.2 Å². The van der Waals surface area contributed by atoms with Gasteiger partial charge in [0.1, 0.15) is 11.5 Å². The molecule has 5 aromatic rings. The van der Waals surface area contributed by atoms with Crippen LogP contribution in [0.5, 0.6) is 11.5 Å². The standard InChI is InChI=1S/C34H26ClO5P/c1-23-13-12-21-29(35)31(23)33(37)41(38)30-22-11-10-20-28(30)32(36)26-18-8-9-19-27(26)34(39-24-14-4-2-5-15-24)40-25-16-6-3-7-17-25/h2-22,34,41H,1H3. The molecule has 0 aliphatic heterocycles. The Morgan fingerprint density at radius 1 is 0.659 bits per heavy atom. The third kappa shape index (κ3) is 6.33. The zero-order valence-corrected chi connectivity index (χ0v) is 23.9. The number of ketones is 1. The minimum Gasteiger partial charge on any atom is -0.451 e. The molecule has 0 radical (unpaired) electrons. The van der Waals surface area contributed by atoms with Gasteiger partial charge in [-0.25, -0.2) is 0 Å². The second-order valence-corrected chi connectivity index (χ2v) is 11.3. The van der Waals surface area contributed by atoms with Crippen LogP contribution in [0.2, 0.25) is 5.02 Å². The summed E-state index contributed by atoms with van der Waals surface area (Å²) in [5.74, 6) is 0.709. The Labute approximate surface area is 244 Å². The quantitative estimate of drug-likeness (QED) is 0.0949. The van der Waals surface area contributed by atoms with Crippen LogP contribution in [-0.2, 0) is 4.57 Å². The topological polar surface area (TPSA) is 69.7 Å². The zero-order chi connectivity index (χ0) is 28.8. The number of rotatable bonds is 10. The van der Waals surface area contributed by atoms with E-state index in [9.17, 15) is 14.2 Å². The van der Waals surface area contributed by atoms with Crippen LogP contribution >= 0.6 is 19.4 Å². The first-order valence-electron chi connectivity index (χ1n) is 12.9. The fourth-order valence-corrected chi connectivity index (χ4v) is 6.36. The van der Waals surface area contributed by atoms with E-state index in [1.807, 2.05) is 36.4 Å². The maximum Gasteiger partial charge on any atom is 0.268 e. The summed E-state index contributed by atoms with van der Waals surface area (Å²) in [5.41, 5.74) is 1.17. The predicted molar refractivity (Wildman–Crippen MR) is 162 cm³/mol. The number of carbonyl (C=O) groups excluding carboxylic acids is 2. The lowest BCUT2D eigenvalue weighted by atomic mass is 9.98. The van der Waals surface area contributed by atoms with E-state index in [4.69, 9.17) is 21.1 Å². The summed E-state index contributed by atoms with van der Waals surface area (Å²) < 4.78 is 26.1. The van der Waals surface area contributed by atoms with Gasteiger partial charge in [0.2, 0.25) is 5.52 Å². The number of hydrogen-bond acceptors (Lipinski definition) is 5. The normalized spacial score (nSPS) is 11.6. The van der Waals surface area contributed by atoms with Gasteiger partial charge in [0, 0.05) is 27.6 Å². The molecule has 5 nitrogen and oxygen atoms in total. The maximum atomic E-state index is 14.1. The molecule has 0 saturated carbocycles. The lowest BCUT2D eigenvalue weighted by Crippen LogP contribution is -2.21. The smallest absolute Gasteiger partial charge is 0.268 e. The van der Waals surface area contributed by atoms with Crippen molar-refractivity contribution in [1.29, 1.82) is 0 Å². The second kappa shape index (κ2) is 12.8. The van der Waals surface area contributed by atoms with Gasteiger partial charge in [0.15, 0.2) is 13.6 Å². The molecule has 5 rings (SSSR count). The van der Waals surface area contributed by atoms with Gasteiger partial charge in [-0.15, -0.1) is 0 Å².